The number of aryl methyl sites for hydroxylation is 1. The van der Waals surface area contributed by atoms with Gasteiger partial charge in [-0.25, -0.2) is 19.9 Å². The van der Waals surface area contributed by atoms with Crippen molar-refractivity contribution >= 4 is 22.9 Å². The number of anilines is 1. The van der Waals surface area contributed by atoms with Crippen molar-refractivity contribution in [2.24, 2.45) is 0 Å². The molecule has 180 valence electrons. The lowest BCUT2D eigenvalue weighted by molar-refractivity contribution is -0.137. The second-order valence-corrected chi connectivity index (χ2v) is 8.55. The first-order valence-corrected chi connectivity index (χ1v) is 11.1. The molecule has 4 aromatic rings. The number of nitrogens with one attached hydrogen (secondary N) is 2. The number of aromatic nitrogens is 5. The lowest BCUT2D eigenvalue weighted by Gasteiger charge is -2.36. The maximum atomic E-state index is 12.8. The molecule has 1 aliphatic carbocycles. The number of pyridine rings is 1. The van der Waals surface area contributed by atoms with Gasteiger partial charge < -0.3 is 15.2 Å². The van der Waals surface area contributed by atoms with E-state index in [1.165, 1.54) is 18.5 Å². The summed E-state index contributed by atoms with van der Waals surface area (Å²) in [6, 6.07) is 10.5. The van der Waals surface area contributed by atoms with E-state index in [0.29, 0.717) is 34.8 Å². The van der Waals surface area contributed by atoms with Crippen molar-refractivity contribution in [3.63, 3.8) is 0 Å². The van der Waals surface area contributed by atoms with E-state index in [2.05, 4.69) is 30.6 Å². The first-order chi connectivity index (χ1) is 16.8. The molecule has 0 unspecified atom stereocenters. The molecule has 35 heavy (non-hydrogen) atoms. The van der Waals surface area contributed by atoms with Gasteiger partial charge in [-0.3, -0.25) is 4.79 Å². The highest BCUT2D eigenvalue weighted by atomic mass is 19.4. The number of alkyl halides is 3. The van der Waals surface area contributed by atoms with Crippen LogP contribution in [-0.4, -0.2) is 36.5 Å². The summed E-state index contributed by atoms with van der Waals surface area (Å²) in [5, 5.41) is 6.15. The summed E-state index contributed by atoms with van der Waals surface area (Å²) >= 11 is 0. The molecule has 1 amide bonds. The van der Waals surface area contributed by atoms with Crippen molar-refractivity contribution in [1.82, 2.24) is 29.8 Å². The summed E-state index contributed by atoms with van der Waals surface area (Å²) < 4.78 is 40.2. The third-order valence-corrected chi connectivity index (χ3v) is 6.06. The number of hydrogen-bond donors (Lipinski definition) is 2. The molecule has 0 atom stereocenters. The van der Waals surface area contributed by atoms with Crippen LogP contribution in [0.1, 0.15) is 46.2 Å². The number of carbonyl (C=O) groups excluding carboxylic acids is 1. The molecule has 0 bridgehead atoms. The summed E-state index contributed by atoms with van der Waals surface area (Å²) in [6.07, 6.45) is 0.242. The number of fused-ring (bicyclic) bond motifs is 1. The van der Waals surface area contributed by atoms with Crippen LogP contribution in [0.25, 0.3) is 11.2 Å². The van der Waals surface area contributed by atoms with Crippen LogP contribution in [0, 0.1) is 6.92 Å². The lowest BCUT2D eigenvalue weighted by Crippen LogP contribution is -2.45. The van der Waals surface area contributed by atoms with Crippen molar-refractivity contribution in [2.45, 2.75) is 44.6 Å². The van der Waals surface area contributed by atoms with Crippen LogP contribution >= 0.6 is 0 Å². The van der Waals surface area contributed by atoms with Gasteiger partial charge in [-0.05, 0) is 49.6 Å². The number of nitrogens with zero attached hydrogens (tertiary/aromatic N) is 5. The monoisotopic (exact) mass is 481 g/mol. The number of carbonyl (C=O) groups is 1. The molecule has 2 N–H and O–H groups in total. The standard InChI is InChI=1S/C24H22F3N7O/c1-14-3-2-4-19(32-14)23(35)33-17-9-18(10-17)34-13-31-20-21(29-12-30-22(20)34)28-11-15-5-7-16(8-6-15)24(25,26)27/h2-8,12-13,17-18H,9-11H2,1H3,(H,33,35)(H,28,29,30). The van der Waals surface area contributed by atoms with Gasteiger partial charge in [0.25, 0.3) is 5.91 Å². The molecule has 0 saturated heterocycles. The Morgan fingerprint density at radius 3 is 2.57 bits per heavy atom. The predicted octanol–water partition coefficient (Wildman–Crippen LogP) is 4.29. The van der Waals surface area contributed by atoms with Crippen LogP contribution in [0.2, 0.25) is 0 Å². The van der Waals surface area contributed by atoms with Gasteiger partial charge in [0, 0.05) is 24.3 Å². The summed E-state index contributed by atoms with van der Waals surface area (Å²) in [5.74, 6) is 0.313. The smallest absolute Gasteiger partial charge is 0.364 e. The van der Waals surface area contributed by atoms with Crippen LogP contribution in [0.15, 0.2) is 55.1 Å². The molecule has 1 aromatic carbocycles. The highest BCUT2D eigenvalue weighted by molar-refractivity contribution is 5.92. The molecule has 1 aliphatic rings. The maximum absolute atomic E-state index is 12.8. The zero-order chi connectivity index (χ0) is 24.6. The third-order valence-electron chi connectivity index (χ3n) is 6.06. The summed E-state index contributed by atoms with van der Waals surface area (Å²) in [7, 11) is 0. The van der Waals surface area contributed by atoms with E-state index in [1.54, 1.807) is 18.5 Å². The van der Waals surface area contributed by atoms with Gasteiger partial charge >= 0.3 is 6.18 Å². The molecular weight excluding hydrogens is 459 g/mol. The van der Waals surface area contributed by atoms with Crippen LogP contribution in [0.3, 0.4) is 0 Å². The molecule has 11 heteroatoms. The van der Waals surface area contributed by atoms with E-state index in [1.807, 2.05) is 17.6 Å². The van der Waals surface area contributed by atoms with E-state index >= 15 is 0 Å². The van der Waals surface area contributed by atoms with Gasteiger partial charge in [0.2, 0.25) is 0 Å². The minimum Gasteiger partial charge on any atom is -0.364 e. The van der Waals surface area contributed by atoms with Gasteiger partial charge in [0.1, 0.15) is 17.5 Å². The number of amides is 1. The van der Waals surface area contributed by atoms with Gasteiger partial charge in [-0.15, -0.1) is 0 Å². The zero-order valence-corrected chi connectivity index (χ0v) is 18.8. The Labute approximate surface area is 198 Å². The number of rotatable bonds is 6. The van der Waals surface area contributed by atoms with E-state index in [9.17, 15) is 18.0 Å². The Kier molecular flexibility index (Phi) is 5.83. The summed E-state index contributed by atoms with van der Waals surface area (Å²) in [6.45, 7) is 2.14. The van der Waals surface area contributed by atoms with Crippen LogP contribution < -0.4 is 10.6 Å². The first kappa shape index (κ1) is 22.8. The van der Waals surface area contributed by atoms with E-state index in [-0.39, 0.29) is 18.0 Å². The minimum absolute atomic E-state index is 0.0337. The highest BCUT2D eigenvalue weighted by Gasteiger charge is 2.33. The molecule has 8 nitrogen and oxygen atoms in total. The Balaban J connectivity index is 1.22. The largest absolute Gasteiger partial charge is 0.416 e. The average molecular weight is 481 g/mol. The molecule has 3 heterocycles. The number of hydrogen-bond acceptors (Lipinski definition) is 6. The van der Waals surface area contributed by atoms with Gasteiger partial charge in [-0.2, -0.15) is 13.2 Å². The van der Waals surface area contributed by atoms with Crippen LogP contribution in [0.5, 0.6) is 0 Å². The Morgan fingerprint density at radius 1 is 1.09 bits per heavy atom. The quantitative estimate of drug-likeness (QED) is 0.426. The van der Waals surface area contributed by atoms with Crippen molar-refractivity contribution < 1.29 is 18.0 Å². The second kappa shape index (κ2) is 8.97. The van der Waals surface area contributed by atoms with Crippen molar-refractivity contribution in [3.05, 3.63) is 77.6 Å². The molecule has 0 aliphatic heterocycles. The molecule has 0 spiro atoms. The zero-order valence-electron chi connectivity index (χ0n) is 18.8. The number of halogens is 3. The fourth-order valence-electron chi connectivity index (χ4n) is 4.11. The molecular formula is C24H22F3N7O. The Bertz CT molecular complexity index is 1360. The van der Waals surface area contributed by atoms with E-state index < -0.39 is 11.7 Å². The average Bonchev–Trinajstić information content (AvgIpc) is 3.23. The van der Waals surface area contributed by atoms with Gasteiger partial charge in [0.05, 0.1) is 11.9 Å². The second-order valence-electron chi connectivity index (χ2n) is 8.55. The van der Waals surface area contributed by atoms with E-state index in [0.717, 1.165) is 30.7 Å². The molecule has 3 aromatic heterocycles. The fourth-order valence-corrected chi connectivity index (χ4v) is 4.11. The maximum Gasteiger partial charge on any atom is 0.416 e. The Hall–Kier alpha value is -4.02. The first-order valence-electron chi connectivity index (χ1n) is 11.1. The Morgan fingerprint density at radius 2 is 1.86 bits per heavy atom. The molecule has 1 fully saturated rings. The fraction of sp³-hybridized carbons (Fsp3) is 0.292. The summed E-state index contributed by atoms with van der Waals surface area (Å²) in [5.41, 5.74) is 2.43. The van der Waals surface area contributed by atoms with E-state index in [4.69, 9.17) is 0 Å². The minimum atomic E-state index is -4.36. The highest BCUT2D eigenvalue weighted by Crippen LogP contribution is 2.35. The van der Waals surface area contributed by atoms with Gasteiger partial charge in [-0.1, -0.05) is 18.2 Å². The van der Waals surface area contributed by atoms with Crippen molar-refractivity contribution in [1.29, 1.82) is 0 Å². The SMILES string of the molecule is Cc1cccc(C(=O)NC2CC(n3cnc4c(NCc5ccc(C(F)(F)F)cc5)ncnc43)C2)n1. The van der Waals surface area contributed by atoms with Crippen LogP contribution in [0.4, 0.5) is 19.0 Å². The molecule has 0 radical (unpaired) electrons. The molecule has 5 rings (SSSR count). The number of imidazole rings is 1. The third kappa shape index (κ3) is 4.79. The summed E-state index contributed by atoms with van der Waals surface area (Å²) in [4.78, 5) is 29.8. The van der Waals surface area contributed by atoms with Gasteiger partial charge in [0.15, 0.2) is 11.5 Å². The topological polar surface area (TPSA) is 97.6 Å². The lowest BCUT2D eigenvalue weighted by atomic mass is 9.86. The predicted molar refractivity (Wildman–Crippen MR) is 123 cm³/mol. The van der Waals surface area contributed by atoms with Crippen molar-refractivity contribution in [2.75, 3.05) is 5.32 Å². The molecule has 1 saturated carbocycles. The number of benzene rings is 1. The van der Waals surface area contributed by atoms with Crippen molar-refractivity contribution in [3.8, 4) is 0 Å². The van der Waals surface area contributed by atoms with Crippen LogP contribution in [-0.2, 0) is 12.7 Å². The normalized spacial score (nSPS) is 17.7.